The zero-order valence-corrected chi connectivity index (χ0v) is 14.6. The Hall–Kier alpha value is -2.45. The van der Waals surface area contributed by atoms with Crippen molar-refractivity contribution in [2.75, 3.05) is 32.5 Å². The molecule has 2 heterocycles. The molecule has 3 rings (SSSR count). The number of amidine groups is 1. The molecule has 1 saturated heterocycles. The van der Waals surface area contributed by atoms with Gasteiger partial charge in [0.2, 0.25) is 0 Å². The predicted octanol–water partition coefficient (Wildman–Crippen LogP) is 0.458. The SMILES string of the molecule is CN1C(=O)C2C(=NC=[N+]2CC(O)CNc2ccc(Cl)cc2)N(C)C1=O. The number of carbonyl (C=O) groups is 2. The molecule has 0 spiro atoms. The molecule has 0 aliphatic carbocycles. The average Bonchev–Trinajstić information content (AvgIpc) is 3.01. The van der Waals surface area contributed by atoms with E-state index in [2.05, 4.69) is 10.3 Å². The monoisotopic (exact) mass is 364 g/mol. The summed E-state index contributed by atoms with van der Waals surface area (Å²) >= 11 is 5.84. The second-order valence-electron chi connectivity index (χ2n) is 5.98. The van der Waals surface area contributed by atoms with Crippen LogP contribution in [0.2, 0.25) is 5.02 Å². The van der Waals surface area contributed by atoms with E-state index in [0.717, 1.165) is 10.6 Å². The number of aliphatic hydroxyl groups is 1. The van der Waals surface area contributed by atoms with Crippen molar-refractivity contribution < 1.29 is 19.3 Å². The van der Waals surface area contributed by atoms with Crippen molar-refractivity contribution in [1.29, 1.82) is 0 Å². The highest BCUT2D eigenvalue weighted by Gasteiger charge is 2.50. The van der Waals surface area contributed by atoms with E-state index in [-0.39, 0.29) is 12.5 Å². The van der Waals surface area contributed by atoms with Gasteiger partial charge < -0.3 is 10.4 Å². The number of aliphatic imine (C=N–C) groups is 1. The second kappa shape index (κ2) is 6.81. The average molecular weight is 365 g/mol. The van der Waals surface area contributed by atoms with Crippen LogP contribution in [0, 0.1) is 0 Å². The maximum atomic E-state index is 12.4. The predicted molar refractivity (Wildman–Crippen MR) is 94.3 cm³/mol. The fourth-order valence-electron chi connectivity index (χ4n) is 2.81. The molecule has 9 heteroatoms. The number of amides is 3. The van der Waals surface area contributed by atoms with E-state index in [1.54, 1.807) is 23.8 Å². The van der Waals surface area contributed by atoms with E-state index in [0.29, 0.717) is 17.4 Å². The lowest BCUT2D eigenvalue weighted by atomic mass is 10.1. The van der Waals surface area contributed by atoms with E-state index in [9.17, 15) is 14.7 Å². The number of carbonyl (C=O) groups excluding carboxylic acids is 2. The molecule has 2 aliphatic heterocycles. The molecule has 25 heavy (non-hydrogen) atoms. The Morgan fingerprint density at radius 1 is 1.28 bits per heavy atom. The summed E-state index contributed by atoms with van der Waals surface area (Å²) in [6, 6.07) is 6.05. The highest BCUT2D eigenvalue weighted by Crippen LogP contribution is 2.17. The largest absolute Gasteiger partial charge is 0.387 e. The minimum Gasteiger partial charge on any atom is -0.387 e. The summed E-state index contributed by atoms with van der Waals surface area (Å²) in [6.07, 6.45) is 0.759. The molecule has 2 unspecified atom stereocenters. The number of fused-ring (bicyclic) bond motifs is 1. The molecule has 2 N–H and O–H groups in total. The number of rotatable bonds is 5. The smallest absolute Gasteiger partial charge is 0.333 e. The van der Waals surface area contributed by atoms with Gasteiger partial charge in [0.15, 0.2) is 0 Å². The fourth-order valence-corrected chi connectivity index (χ4v) is 2.93. The van der Waals surface area contributed by atoms with Crippen molar-refractivity contribution in [3.63, 3.8) is 0 Å². The van der Waals surface area contributed by atoms with E-state index in [1.807, 2.05) is 12.1 Å². The molecule has 1 fully saturated rings. The molecule has 2 atom stereocenters. The van der Waals surface area contributed by atoms with Crippen molar-refractivity contribution in [1.82, 2.24) is 9.80 Å². The highest BCUT2D eigenvalue weighted by molar-refractivity contribution is 6.30. The van der Waals surface area contributed by atoms with Crippen molar-refractivity contribution >= 4 is 41.4 Å². The normalized spacial score (nSPS) is 21.0. The number of halogens is 1. The third-order valence-corrected chi connectivity index (χ3v) is 4.46. The number of imide groups is 1. The minimum atomic E-state index is -0.734. The maximum absolute atomic E-state index is 12.4. The van der Waals surface area contributed by atoms with Gasteiger partial charge in [-0.1, -0.05) is 11.6 Å². The van der Waals surface area contributed by atoms with Gasteiger partial charge in [-0.15, -0.1) is 0 Å². The maximum Gasteiger partial charge on any atom is 0.333 e. The first-order chi connectivity index (χ1) is 11.9. The number of hydrogen-bond donors (Lipinski definition) is 2. The lowest BCUT2D eigenvalue weighted by Gasteiger charge is -2.31. The number of nitrogens with one attached hydrogen (secondary N) is 1. The molecule has 1 aromatic rings. The van der Waals surface area contributed by atoms with Gasteiger partial charge in [0.1, 0.15) is 12.6 Å². The summed E-state index contributed by atoms with van der Waals surface area (Å²) in [7, 11) is 3.01. The third kappa shape index (κ3) is 3.35. The van der Waals surface area contributed by atoms with Gasteiger partial charge in [-0.25, -0.2) is 9.37 Å². The number of anilines is 1. The molecule has 0 radical (unpaired) electrons. The molecular weight excluding hydrogens is 346 g/mol. The van der Waals surface area contributed by atoms with Crippen molar-refractivity contribution in [2.45, 2.75) is 12.1 Å². The lowest BCUT2D eigenvalue weighted by molar-refractivity contribution is -0.539. The Labute approximate surface area is 150 Å². The van der Waals surface area contributed by atoms with Crippen LogP contribution in [-0.4, -0.2) is 82.9 Å². The van der Waals surface area contributed by atoms with E-state index in [1.165, 1.54) is 18.3 Å². The first-order valence-electron chi connectivity index (χ1n) is 7.78. The van der Waals surface area contributed by atoms with Crippen LogP contribution in [0.25, 0.3) is 0 Å². The van der Waals surface area contributed by atoms with Gasteiger partial charge in [0.25, 0.3) is 24.1 Å². The minimum absolute atomic E-state index is 0.208. The van der Waals surface area contributed by atoms with Crippen LogP contribution >= 0.6 is 11.6 Å². The van der Waals surface area contributed by atoms with Crippen molar-refractivity contribution in [2.24, 2.45) is 4.99 Å². The van der Waals surface area contributed by atoms with Gasteiger partial charge >= 0.3 is 6.03 Å². The van der Waals surface area contributed by atoms with Crippen LogP contribution in [-0.2, 0) is 4.79 Å². The van der Waals surface area contributed by atoms with Crippen LogP contribution in [0.3, 0.4) is 0 Å². The summed E-state index contributed by atoms with van der Waals surface area (Å²) in [5, 5.41) is 14.0. The summed E-state index contributed by atoms with van der Waals surface area (Å²) in [5.41, 5.74) is 0.838. The number of likely N-dealkylation sites (N-methyl/N-ethyl adjacent to an activating group) is 2. The summed E-state index contributed by atoms with van der Waals surface area (Å²) in [6.45, 7) is 0.507. The third-order valence-electron chi connectivity index (χ3n) is 4.20. The quantitative estimate of drug-likeness (QED) is 0.743. The zero-order chi connectivity index (χ0) is 18.1. The van der Waals surface area contributed by atoms with Gasteiger partial charge in [-0.3, -0.25) is 14.6 Å². The van der Waals surface area contributed by atoms with E-state index < -0.39 is 18.2 Å². The van der Waals surface area contributed by atoms with Crippen LogP contribution in [0.15, 0.2) is 29.3 Å². The summed E-state index contributed by atoms with van der Waals surface area (Å²) < 4.78 is 1.64. The number of β-amino-alcohol motifs (C(OH)–C–C–N with tert-alkyl or cyclic N) is 1. The van der Waals surface area contributed by atoms with Crippen LogP contribution in [0.4, 0.5) is 10.5 Å². The number of nitrogens with zero attached hydrogens (tertiary/aromatic N) is 4. The number of aliphatic hydroxyl groups excluding tert-OH is 1. The van der Waals surface area contributed by atoms with Crippen molar-refractivity contribution in [3.05, 3.63) is 29.3 Å². The van der Waals surface area contributed by atoms with Crippen LogP contribution < -0.4 is 5.32 Å². The molecule has 0 saturated carbocycles. The molecule has 132 valence electrons. The molecule has 0 aromatic heterocycles. The molecule has 8 nitrogen and oxygen atoms in total. The molecule has 1 aromatic carbocycles. The highest BCUT2D eigenvalue weighted by atomic mass is 35.5. The molecule has 3 amide bonds. The Kier molecular flexibility index (Phi) is 4.73. The standard InChI is InChI=1S/C16H19ClN5O3/c1-20-14-13(15(24)21(2)16(20)25)22(9-19-14)8-12(23)7-18-11-5-3-10(17)4-6-11/h3-6,9,12-13,18,23H,7-8H2,1-2H3/q+1. The Bertz CT molecular complexity index is 762. The molecular formula is C16H19ClN5O3+. The fraction of sp³-hybridized carbons (Fsp3) is 0.375. The Balaban J connectivity index is 1.61. The first-order valence-corrected chi connectivity index (χ1v) is 8.16. The molecule has 0 bridgehead atoms. The van der Waals surface area contributed by atoms with Gasteiger partial charge in [0, 0.05) is 31.4 Å². The summed E-state index contributed by atoms with van der Waals surface area (Å²) in [4.78, 5) is 30.9. The summed E-state index contributed by atoms with van der Waals surface area (Å²) in [5.74, 6) is 0.0272. The topological polar surface area (TPSA) is 88.2 Å². The van der Waals surface area contributed by atoms with Crippen molar-refractivity contribution in [3.8, 4) is 0 Å². The number of hydrogen-bond acceptors (Lipinski definition) is 5. The van der Waals surface area contributed by atoms with Gasteiger partial charge in [-0.05, 0) is 29.3 Å². The van der Waals surface area contributed by atoms with Crippen LogP contribution in [0.1, 0.15) is 0 Å². The lowest BCUT2D eigenvalue weighted by Crippen LogP contribution is -2.62. The Morgan fingerprint density at radius 2 is 1.96 bits per heavy atom. The zero-order valence-electron chi connectivity index (χ0n) is 13.9. The first kappa shape index (κ1) is 17.4. The van der Waals surface area contributed by atoms with Gasteiger partial charge in [-0.2, -0.15) is 0 Å². The molecule has 2 aliphatic rings. The number of urea groups is 1. The number of benzene rings is 1. The van der Waals surface area contributed by atoms with Crippen LogP contribution in [0.5, 0.6) is 0 Å². The second-order valence-corrected chi connectivity index (χ2v) is 6.42. The van der Waals surface area contributed by atoms with E-state index >= 15 is 0 Å². The Morgan fingerprint density at radius 3 is 2.64 bits per heavy atom. The van der Waals surface area contributed by atoms with Gasteiger partial charge in [0.05, 0.1) is 0 Å². The van der Waals surface area contributed by atoms with E-state index in [4.69, 9.17) is 11.6 Å².